The summed E-state index contributed by atoms with van der Waals surface area (Å²) in [6.45, 7) is 3.38. The van der Waals surface area contributed by atoms with E-state index in [1.807, 2.05) is 24.0 Å². The third-order valence-electron chi connectivity index (χ3n) is 2.99. The molecule has 0 aliphatic carbocycles. The Kier molecular flexibility index (Phi) is 4.27. The van der Waals surface area contributed by atoms with Crippen molar-refractivity contribution in [1.82, 2.24) is 0 Å². The van der Waals surface area contributed by atoms with Crippen molar-refractivity contribution in [2.75, 3.05) is 17.2 Å². The van der Waals surface area contributed by atoms with Gasteiger partial charge in [-0.25, -0.2) is 4.39 Å². The van der Waals surface area contributed by atoms with E-state index >= 15 is 0 Å². The van der Waals surface area contributed by atoms with Crippen LogP contribution in [0, 0.1) is 5.82 Å². The highest BCUT2D eigenvalue weighted by molar-refractivity contribution is 6.31. The van der Waals surface area contributed by atoms with Gasteiger partial charge in [-0.3, -0.25) is 0 Å². The summed E-state index contributed by atoms with van der Waals surface area (Å²) in [4.78, 5) is 2.05. The zero-order valence-electron chi connectivity index (χ0n) is 10.7. The fraction of sp³-hybridized carbons (Fsp3) is 0.200. The van der Waals surface area contributed by atoms with E-state index in [4.69, 9.17) is 17.3 Å². The fourth-order valence-corrected chi connectivity index (χ4v) is 2.16. The van der Waals surface area contributed by atoms with Crippen molar-refractivity contribution in [3.05, 3.63) is 58.9 Å². The minimum absolute atomic E-state index is 0.241. The number of hydrogen-bond acceptors (Lipinski definition) is 2. The van der Waals surface area contributed by atoms with Crippen molar-refractivity contribution in [2.45, 2.75) is 13.5 Å². The first-order valence-corrected chi connectivity index (χ1v) is 6.52. The number of nitrogen functional groups attached to an aromatic ring is 1. The third kappa shape index (κ3) is 3.38. The van der Waals surface area contributed by atoms with Crippen molar-refractivity contribution < 1.29 is 4.39 Å². The number of hydrogen-bond donors (Lipinski definition) is 1. The molecule has 2 N–H and O–H groups in total. The van der Waals surface area contributed by atoms with E-state index in [1.165, 1.54) is 12.1 Å². The maximum absolute atomic E-state index is 13.3. The Bertz CT molecular complexity index is 572. The van der Waals surface area contributed by atoms with Crippen molar-refractivity contribution in [2.24, 2.45) is 0 Å². The summed E-state index contributed by atoms with van der Waals surface area (Å²) in [5.74, 6) is -0.241. The first kappa shape index (κ1) is 13.7. The summed E-state index contributed by atoms with van der Waals surface area (Å²) in [5.41, 5.74) is 8.22. The Morgan fingerprint density at radius 1 is 1.21 bits per heavy atom. The molecule has 0 saturated heterocycles. The second-order valence-electron chi connectivity index (χ2n) is 4.34. The van der Waals surface area contributed by atoms with E-state index in [9.17, 15) is 4.39 Å². The zero-order valence-corrected chi connectivity index (χ0v) is 11.5. The van der Waals surface area contributed by atoms with E-state index in [-0.39, 0.29) is 5.82 Å². The molecule has 2 aromatic rings. The molecule has 0 aliphatic heterocycles. The Hall–Kier alpha value is -1.74. The van der Waals surface area contributed by atoms with Gasteiger partial charge >= 0.3 is 0 Å². The molecule has 0 bridgehead atoms. The van der Waals surface area contributed by atoms with Crippen LogP contribution in [0.1, 0.15) is 12.5 Å². The smallest absolute Gasteiger partial charge is 0.125 e. The minimum atomic E-state index is -0.241. The van der Waals surface area contributed by atoms with Gasteiger partial charge in [0.05, 0.1) is 0 Å². The van der Waals surface area contributed by atoms with Gasteiger partial charge in [-0.2, -0.15) is 0 Å². The summed E-state index contributed by atoms with van der Waals surface area (Å²) in [6, 6.07) is 11.9. The van der Waals surface area contributed by atoms with Gasteiger partial charge < -0.3 is 10.6 Å². The molecule has 0 amide bonds. The number of anilines is 2. The molecule has 2 aromatic carbocycles. The van der Waals surface area contributed by atoms with Crippen LogP contribution in [0.15, 0.2) is 42.5 Å². The van der Waals surface area contributed by atoms with Crippen molar-refractivity contribution >= 4 is 23.0 Å². The molecule has 19 heavy (non-hydrogen) atoms. The van der Waals surface area contributed by atoms with Gasteiger partial charge in [0.1, 0.15) is 5.82 Å². The largest absolute Gasteiger partial charge is 0.399 e. The summed E-state index contributed by atoms with van der Waals surface area (Å²) in [7, 11) is 0. The molecule has 0 spiro atoms. The summed E-state index contributed by atoms with van der Waals surface area (Å²) in [5, 5.41) is 0.670. The summed E-state index contributed by atoms with van der Waals surface area (Å²) in [6.07, 6.45) is 0. The van der Waals surface area contributed by atoms with Gasteiger partial charge in [0.15, 0.2) is 0 Å². The van der Waals surface area contributed by atoms with Crippen molar-refractivity contribution in [3.8, 4) is 0 Å². The molecular formula is C15H16ClFN2. The van der Waals surface area contributed by atoms with Gasteiger partial charge in [-0.05, 0) is 48.9 Å². The molecular weight excluding hydrogens is 263 g/mol. The Morgan fingerprint density at radius 2 is 2.00 bits per heavy atom. The second kappa shape index (κ2) is 5.93. The van der Waals surface area contributed by atoms with Crippen LogP contribution < -0.4 is 10.6 Å². The van der Waals surface area contributed by atoms with Gasteiger partial charge in [0.25, 0.3) is 0 Å². The molecule has 2 nitrogen and oxygen atoms in total. The maximum atomic E-state index is 13.3. The topological polar surface area (TPSA) is 29.3 Å². The second-order valence-corrected chi connectivity index (χ2v) is 4.75. The molecule has 2 rings (SSSR count). The zero-order chi connectivity index (χ0) is 13.8. The van der Waals surface area contributed by atoms with E-state index in [0.717, 1.165) is 17.8 Å². The lowest BCUT2D eigenvalue weighted by molar-refractivity contribution is 0.626. The van der Waals surface area contributed by atoms with E-state index < -0.39 is 0 Å². The van der Waals surface area contributed by atoms with Crippen LogP contribution in [0.5, 0.6) is 0 Å². The number of rotatable bonds is 4. The molecule has 0 atom stereocenters. The average molecular weight is 279 g/mol. The van der Waals surface area contributed by atoms with Gasteiger partial charge in [0.2, 0.25) is 0 Å². The molecule has 0 heterocycles. The Balaban J connectivity index is 2.26. The number of halogens is 2. The van der Waals surface area contributed by atoms with Crippen LogP contribution in [0.2, 0.25) is 5.02 Å². The quantitative estimate of drug-likeness (QED) is 0.854. The standard InChI is InChI=1S/C15H16ClFN2/c1-2-19(14-5-3-4-12(17)9-14)10-11-8-13(18)6-7-15(11)16/h3-9H,2,10,18H2,1H3. The molecule has 0 aliphatic rings. The highest BCUT2D eigenvalue weighted by Gasteiger charge is 2.09. The number of nitrogens with two attached hydrogens (primary N) is 1. The number of nitrogens with zero attached hydrogens (tertiary/aromatic N) is 1. The van der Waals surface area contributed by atoms with Gasteiger partial charge in [-0.15, -0.1) is 0 Å². The normalized spacial score (nSPS) is 10.5. The predicted octanol–water partition coefficient (Wildman–Crippen LogP) is 4.09. The molecule has 0 unspecified atom stereocenters. The molecule has 100 valence electrons. The van der Waals surface area contributed by atoms with Crippen LogP contribution in [0.4, 0.5) is 15.8 Å². The van der Waals surface area contributed by atoms with Crippen LogP contribution in [-0.4, -0.2) is 6.54 Å². The maximum Gasteiger partial charge on any atom is 0.125 e. The average Bonchev–Trinajstić information content (AvgIpc) is 2.39. The molecule has 0 radical (unpaired) electrons. The highest BCUT2D eigenvalue weighted by atomic mass is 35.5. The SMILES string of the molecule is CCN(Cc1cc(N)ccc1Cl)c1cccc(F)c1. The predicted molar refractivity (Wildman–Crippen MR) is 79.0 cm³/mol. The van der Waals surface area contributed by atoms with Crippen LogP contribution in [0.25, 0.3) is 0 Å². The lowest BCUT2D eigenvalue weighted by atomic mass is 10.1. The van der Waals surface area contributed by atoms with E-state index in [0.29, 0.717) is 17.3 Å². The molecule has 0 aromatic heterocycles. The van der Waals surface area contributed by atoms with Gasteiger partial charge in [-0.1, -0.05) is 17.7 Å². The van der Waals surface area contributed by atoms with Crippen LogP contribution in [-0.2, 0) is 6.54 Å². The van der Waals surface area contributed by atoms with E-state index in [1.54, 1.807) is 18.2 Å². The highest BCUT2D eigenvalue weighted by Crippen LogP contribution is 2.24. The minimum Gasteiger partial charge on any atom is -0.399 e. The van der Waals surface area contributed by atoms with Crippen molar-refractivity contribution in [1.29, 1.82) is 0 Å². The first-order chi connectivity index (χ1) is 9.10. The Morgan fingerprint density at radius 3 is 2.68 bits per heavy atom. The number of benzene rings is 2. The molecule has 0 fully saturated rings. The van der Waals surface area contributed by atoms with Gasteiger partial charge in [0, 0.05) is 29.5 Å². The lowest BCUT2D eigenvalue weighted by Crippen LogP contribution is -2.22. The fourth-order valence-electron chi connectivity index (χ4n) is 1.98. The first-order valence-electron chi connectivity index (χ1n) is 6.14. The van der Waals surface area contributed by atoms with Crippen LogP contribution in [0.3, 0.4) is 0 Å². The Labute approximate surface area is 117 Å². The third-order valence-corrected chi connectivity index (χ3v) is 3.35. The summed E-state index contributed by atoms with van der Waals surface area (Å²) < 4.78 is 13.3. The van der Waals surface area contributed by atoms with E-state index in [2.05, 4.69) is 0 Å². The van der Waals surface area contributed by atoms with Crippen LogP contribution >= 0.6 is 11.6 Å². The molecule has 4 heteroatoms. The van der Waals surface area contributed by atoms with Crippen molar-refractivity contribution in [3.63, 3.8) is 0 Å². The monoisotopic (exact) mass is 278 g/mol. The summed E-state index contributed by atoms with van der Waals surface area (Å²) >= 11 is 6.16. The molecule has 0 saturated carbocycles. The lowest BCUT2D eigenvalue weighted by Gasteiger charge is -2.24.